The average molecular weight is 405 g/mol. The van der Waals surface area contributed by atoms with Crippen LogP contribution in [-0.2, 0) is 4.43 Å². The second-order valence-electron chi connectivity index (χ2n) is 7.74. The first-order valence-electron chi connectivity index (χ1n) is 9.89. The molecule has 0 amide bonds. The molecule has 0 aromatic heterocycles. The van der Waals surface area contributed by atoms with Crippen LogP contribution in [0.5, 0.6) is 0 Å². The lowest BCUT2D eigenvalue weighted by molar-refractivity contribution is 0.131. The fourth-order valence-electron chi connectivity index (χ4n) is 2.67. The van der Waals surface area contributed by atoms with Gasteiger partial charge in [0.2, 0.25) is 0 Å². The Morgan fingerprint density at radius 3 is 1.10 bits per heavy atom. The zero-order valence-corrected chi connectivity index (χ0v) is 18.6. The fourth-order valence-corrected chi connectivity index (χ4v) is 4.89. The minimum Gasteiger partial charge on any atom is -0.383 e. The molecule has 0 aliphatic rings. The van der Waals surface area contributed by atoms with Gasteiger partial charge in [0.05, 0.1) is 5.60 Å². The van der Waals surface area contributed by atoms with Crippen LogP contribution in [0, 0.1) is 34.4 Å². The van der Waals surface area contributed by atoms with Crippen LogP contribution in [0.4, 0.5) is 0 Å². The van der Waals surface area contributed by atoms with Gasteiger partial charge >= 0.3 is 8.32 Å². The maximum Gasteiger partial charge on any atom is 0.438 e. The predicted octanol–water partition coefficient (Wildman–Crippen LogP) is 5.52. The SMILES string of the molecule is CC(C)(C)O[Si](C#Cc1ccccc1)(C#Cc1ccccc1)C#Cc1ccccc1. The van der Waals surface area contributed by atoms with Crippen molar-refractivity contribution in [3.05, 3.63) is 108 Å². The van der Waals surface area contributed by atoms with E-state index in [1.165, 1.54) is 0 Å². The van der Waals surface area contributed by atoms with E-state index in [0.717, 1.165) is 16.7 Å². The van der Waals surface area contributed by atoms with Gasteiger partial charge in [-0.25, -0.2) is 0 Å². The summed E-state index contributed by atoms with van der Waals surface area (Å²) in [7, 11) is -3.06. The molecule has 0 spiro atoms. The third-order valence-electron chi connectivity index (χ3n) is 3.93. The molecule has 1 nitrogen and oxygen atoms in total. The van der Waals surface area contributed by atoms with Gasteiger partial charge in [-0.1, -0.05) is 89.0 Å². The summed E-state index contributed by atoms with van der Waals surface area (Å²) in [5, 5.41) is 0. The van der Waals surface area contributed by atoms with Crippen LogP contribution in [0.15, 0.2) is 91.0 Å². The Kier molecular flexibility index (Phi) is 6.95. The standard InChI is InChI=1S/C28H24OSi/c1-28(2,3)29-30(22-19-25-13-7-4-8-14-25,23-20-26-15-9-5-10-16-26)24-21-27-17-11-6-12-18-27/h4-18H,1-3H3. The van der Waals surface area contributed by atoms with Crippen molar-refractivity contribution in [2.45, 2.75) is 26.4 Å². The van der Waals surface area contributed by atoms with E-state index in [1.54, 1.807) is 0 Å². The Hall–Kier alpha value is -3.48. The van der Waals surface area contributed by atoms with Gasteiger partial charge in [0.15, 0.2) is 0 Å². The molecule has 2 heteroatoms. The molecule has 0 bridgehead atoms. The third-order valence-corrected chi connectivity index (χ3v) is 6.28. The normalized spacial score (nSPS) is 10.5. The summed E-state index contributed by atoms with van der Waals surface area (Å²) >= 11 is 0. The van der Waals surface area contributed by atoms with Crippen LogP contribution in [0.25, 0.3) is 0 Å². The molecule has 146 valence electrons. The summed E-state index contributed by atoms with van der Waals surface area (Å²) in [4.78, 5) is 0. The molecule has 0 aliphatic heterocycles. The van der Waals surface area contributed by atoms with Gasteiger partial charge in [-0.15, -0.1) is 0 Å². The molecule has 3 aromatic rings. The Balaban J connectivity index is 2.13. The number of benzene rings is 3. The topological polar surface area (TPSA) is 9.23 Å². The average Bonchev–Trinajstić information content (AvgIpc) is 2.76. The van der Waals surface area contributed by atoms with Crippen molar-refractivity contribution in [3.63, 3.8) is 0 Å². The van der Waals surface area contributed by atoms with E-state index in [1.807, 2.05) is 112 Å². The van der Waals surface area contributed by atoms with E-state index in [0.29, 0.717) is 0 Å². The number of hydrogen-bond donors (Lipinski definition) is 0. The number of hydrogen-bond acceptors (Lipinski definition) is 1. The first-order valence-corrected chi connectivity index (χ1v) is 11.8. The maximum atomic E-state index is 6.51. The molecule has 3 aromatic carbocycles. The molecule has 0 atom stereocenters. The molecule has 0 N–H and O–H groups in total. The molecular formula is C28H24OSi. The fraction of sp³-hybridized carbons (Fsp3) is 0.143. The second kappa shape index (κ2) is 9.82. The van der Waals surface area contributed by atoms with Gasteiger partial charge < -0.3 is 4.43 Å². The highest BCUT2D eigenvalue weighted by Crippen LogP contribution is 2.16. The van der Waals surface area contributed by atoms with E-state index in [2.05, 4.69) is 34.4 Å². The van der Waals surface area contributed by atoms with Crippen molar-refractivity contribution in [1.29, 1.82) is 0 Å². The van der Waals surface area contributed by atoms with Crippen LogP contribution in [0.3, 0.4) is 0 Å². The van der Waals surface area contributed by atoms with Crippen molar-refractivity contribution < 1.29 is 4.43 Å². The minimum absolute atomic E-state index is 0.422. The van der Waals surface area contributed by atoms with E-state index in [9.17, 15) is 0 Å². The summed E-state index contributed by atoms with van der Waals surface area (Å²) in [6.07, 6.45) is 0. The monoisotopic (exact) mass is 404 g/mol. The summed E-state index contributed by atoms with van der Waals surface area (Å²) < 4.78 is 6.51. The summed E-state index contributed by atoms with van der Waals surface area (Å²) in [6.45, 7) is 6.06. The van der Waals surface area contributed by atoms with Crippen LogP contribution in [-0.4, -0.2) is 13.9 Å². The summed E-state index contributed by atoms with van der Waals surface area (Å²) in [6, 6.07) is 29.7. The zero-order valence-electron chi connectivity index (χ0n) is 17.6. The highest BCUT2D eigenvalue weighted by Gasteiger charge is 2.36. The lowest BCUT2D eigenvalue weighted by Gasteiger charge is -2.26. The first-order chi connectivity index (χ1) is 14.4. The molecule has 0 aliphatic carbocycles. The van der Waals surface area contributed by atoms with Crippen molar-refractivity contribution in [2.24, 2.45) is 0 Å². The maximum absolute atomic E-state index is 6.51. The van der Waals surface area contributed by atoms with Crippen molar-refractivity contribution in [2.75, 3.05) is 0 Å². The van der Waals surface area contributed by atoms with Gasteiger partial charge in [0, 0.05) is 16.7 Å². The van der Waals surface area contributed by atoms with Crippen LogP contribution < -0.4 is 0 Å². The Morgan fingerprint density at radius 1 is 0.533 bits per heavy atom. The largest absolute Gasteiger partial charge is 0.438 e. The van der Waals surface area contributed by atoms with Gasteiger partial charge in [0.1, 0.15) is 0 Å². The van der Waals surface area contributed by atoms with E-state index in [-0.39, 0.29) is 0 Å². The van der Waals surface area contributed by atoms with E-state index in [4.69, 9.17) is 4.43 Å². The lowest BCUT2D eigenvalue weighted by atomic mass is 10.2. The molecule has 0 saturated heterocycles. The van der Waals surface area contributed by atoms with E-state index >= 15 is 0 Å². The smallest absolute Gasteiger partial charge is 0.383 e. The van der Waals surface area contributed by atoms with Crippen molar-refractivity contribution >= 4 is 8.32 Å². The molecular weight excluding hydrogens is 380 g/mol. The number of rotatable bonds is 1. The Labute approximate surface area is 181 Å². The molecule has 3 rings (SSSR count). The quantitative estimate of drug-likeness (QED) is 0.383. The molecule has 0 heterocycles. The van der Waals surface area contributed by atoms with Crippen molar-refractivity contribution in [1.82, 2.24) is 0 Å². The zero-order chi connectivity index (χ0) is 21.3. The highest BCUT2D eigenvalue weighted by molar-refractivity contribution is 6.95. The van der Waals surface area contributed by atoms with Gasteiger partial charge in [-0.3, -0.25) is 0 Å². The lowest BCUT2D eigenvalue weighted by Crippen LogP contribution is -2.42. The molecule has 0 fully saturated rings. The van der Waals surface area contributed by atoms with Gasteiger partial charge in [-0.2, -0.15) is 0 Å². The van der Waals surface area contributed by atoms with Gasteiger partial charge in [0.25, 0.3) is 0 Å². The molecule has 0 unspecified atom stereocenters. The van der Waals surface area contributed by atoms with Crippen LogP contribution in [0.2, 0.25) is 0 Å². The highest BCUT2D eigenvalue weighted by atomic mass is 28.4. The van der Waals surface area contributed by atoms with Crippen molar-refractivity contribution in [3.8, 4) is 34.4 Å². The minimum atomic E-state index is -3.06. The molecule has 30 heavy (non-hydrogen) atoms. The summed E-state index contributed by atoms with van der Waals surface area (Å²) in [5.41, 5.74) is 12.5. The molecule has 0 radical (unpaired) electrons. The van der Waals surface area contributed by atoms with Gasteiger partial charge in [-0.05, 0) is 57.2 Å². The van der Waals surface area contributed by atoms with Crippen LogP contribution in [0.1, 0.15) is 37.5 Å². The summed E-state index contributed by atoms with van der Waals surface area (Å²) in [5.74, 6) is 9.79. The first kappa shape index (κ1) is 21.2. The Morgan fingerprint density at radius 2 is 0.833 bits per heavy atom. The second-order valence-corrected chi connectivity index (χ2v) is 10.1. The Bertz CT molecular complexity index is 1000. The predicted molar refractivity (Wildman–Crippen MR) is 127 cm³/mol. The van der Waals surface area contributed by atoms with Crippen LogP contribution >= 0.6 is 0 Å². The third kappa shape index (κ3) is 6.84. The molecule has 0 saturated carbocycles. The van der Waals surface area contributed by atoms with E-state index < -0.39 is 13.9 Å².